The lowest BCUT2D eigenvalue weighted by atomic mass is 10.1. The van der Waals surface area contributed by atoms with E-state index in [4.69, 9.17) is 23.2 Å². The van der Waals surface area contributed by atoms with Gasteiger partial charge in [-0.25, -0.2) is 0 Å². The maximum Gasteiger partial charge on any atom is 0.228 e. The van der Waals surface area contributed by atoms with Crippen molar-refractivity contribution in [1.29, 1.82) is 0 Å². The molecule has 0 heterocycles. The van der Waals surface area contributed by atoms with Crippen molar-refractivity contribution in [3.05, 3.63) is 64.1 Å². The van der Waals surface area contributed by atoms with Crippen molar-refractivity contribution < 1.29 is 9.59 Å². The van der Waals surface area contributed by atoms with Gasteiger partial charge in [-0.1, -0.05) is 35.3 Å². The summed E-state index contributed by atoms with van der Waals surface area (Å²) in [5.74, 6) is -0.705. The molecule has 0 aliphatic heterocycles. The van der Waals surface area contributed by atoms with Gasteiger partial charge in [0.2, 0.25) is 11.8 Å². The van der Waals surface area contributed by atoms with E-state index in [2.05, 4.69) is 10.6 Å². The van der Waals surface area contributed by atoms with Crippen LogP contribution in [0.4, 0.5) is 5.69 Å². The Morgan fingerprint density at radius 2 is 1.68 bits per heavy atom. The minimum Gasteiger partial charge on any atom is -0.356 e. The largest absolute Gasteiger partial charge is 0.356 e. The van der Waals surface area contributed by atoms with Crippen LogP contribution in [0.1, 0.15) is 12.0 Å². The van der Waals surface area contributed by atoms with Gasteiger partial charge in [-0.15, -0.1) is 0 Å². The molecule has 130 valence electrons. The van der Waals surface area contributed by atoms with Gasteiger partial charge in [0.1, 0.15) is 0 Å². The molecule has 3 rings (SSSR count). The molecule has 1 fully saturated rings. The van der Waals surface area contributed by atoms with Crippen LogP contribution in [0.3, 0.4) is 0 Å². The summed E-state index contributed by atoms with van der Waals surface area (Å²) in [6, 6.07) is 14.5. The maximum absolute atomic E-state index is 12.2. The van der Waals surface area contributed by atoms with Gasteiger partial charge in [0, 0.05) is 22.3 Å². The summed E-state index contributed by atoms with van der Waals surface area (Å²) in [6.07, 6.45) is 1.29. The fourth-order valence-electron chi connectivity index (χ4n) is 2.70. The lowest BCUT2D eigenvalue weighted by Crippen LogP contribution is -2.29. The zero-order valence-electron chi connectivity index (χ0n) is 13.5. The summed E-state index contributed by atoms with van der Waals surface area (Å²) < 4.78 is 0. The van der Waals surface area contributed by atoms with Crippen LogP contribution in [-0.2, 0) is 16.0 Å². The zero-order valence-corrected chi connectivity index (χ0v) is 15.0. The highest BCUT2D eigenvalue weighted by Crippen LogP contribution is 2.39. The van der Waals surface area contributed by atoms with Crippen molar-refractivity contribution >= 4 is 40.7 Å². The lowest BCUT2D eigenvalue weighted by Gasteiger charge is -2.07. The van der Waals surface area contributed by atoms with Crippen molar-refractivity contribution in [2.75, 3.05) is 11.9 Å². The molecule has 1 saturated carbocycles. The smallest absolute Gasteiger partial charge is 0.228 e. The number of carbonyl (C=O) groups excluding carboxylic acids is 2. The van der Waals surface area contributed by atoms with Crippen molar-refractivity contribution in [2.24, 2.45) is 11.8 Å². The first-order chi connectivity index (χ1) is 12.0. The fraction of sp³-hybridized carbons (Fsp3) is 0.263. The van der Waals surface area contributed by atoms with Crippen LogP contribution in [-0.4, -0.2) is 18.4 Å². The zero-order chi connectivity index (χ0) is 17.8. The normalized spacial score (nSPS) is 18.5. The van der Waals surface area contributed by atoms with Gasteiger partial charge in [0.15, 0.2) is 0 Å². The molecule has 2 aromatic rings. The number of amides is 2. The van der Waals surface area contributed by atoms with Crippen LogP contribution in [0.2, 0.25) is 10.0 Å². The lowest BCUT2D eigenvalue weighted by molar-refractivity contribution is -0.125. The summed E-state index contributed by atoms with van der Waals surface area (Å²) in [5.41, 5.74) is 1.75. The predicted molar refractivity (Wildman–Crippen MR) is 99.8 cm³/mol. The first-order valence-corrected chi connectivity index (χ1v) is 8.87. The summed E-state index contributed by atoms with van der Waals surface area (Å²) in [7, 11) is 0. The molecule has 1 aliphatic carbocycles. The highest BCUT2D eigenvalue weighted by atomic mass is 35.5. The molecule has 0 aromatic heterocycles. The van der Waals surface area contributed by atoms with E-state index < -0.39 is 0 Å². The number of halogens is 2. The molecule has 2 unspecified atom stereocenters. The van der Waals surface area contributed by atoms with E-state index in [9.17, 15) is 9.59 Å². The van der Waals surface area contributed by atoms with Crippen LogP contribution >= 0.6 is 23.2 Å². The predicted octanol–water partition coefficient (Wildman–Crippen LogP) is 3.93. The molecule has 0 bridgehead atoms. The first-order valence-electron chi connectivity index (χ1n) is 8.11. The Balaban J connectivity index is 1.42. The molecule has 2 aromatic carbocycles. The van der Waals surface area contributed by atoms with Gasteiger partial charge in [-0.3, -0.25) is 9.59 Å². The van der Waals surface area contributed by atoms with Crippen LogP contribution in [0, 0.1) is 11.8 Å². The standard InChI is InChI=1S/C19H18Cl2N2O2/c20-13-4-6-15(7-5-13)23-19(25)17-11-16(17)18(24)22-9-8-12-2-1-3-14(21)10-12/h1-7,10,16-17H,8-9,11H2,(H,22,24)(H,23,25). The van der Waals surface area contributed by atoms with E-state index in [1.165, 1.54) is 0 Å². The molecule has 1 aliphatic rings. The summed E-state index contributed by atoms with van der Waals surface area (Å²) in [4.78, 5) is 24.3. The molecule has 2 N–H and O–H groups in total. The molecule has 0 spiro atoms. The molecule has 4 nitrogen and oxygen atoms in total. The number of carbonyl (C=O) groups is 2. The van der Waals surface area contributed by atoms with E-state index >= 15 is 0 Å². The van der Waals surface area contributed by atoms with Gasteiger partial charge in [0.05, 0.1) is 11.8 Å². The Labute approximate surface area is 156 Å². The minimum absolute atomic E-state index is 0.0710. The topological polar surface area (TPSA) is 58.2 Å². The number of hydrogen-bond donors (Lipinski definition) is 2. The number of anilines is 1. The van der Waals surface area contributed by atoms with E-state index in [0.29, 0.717) is 35.1 Å². The molecule has 25 heavy (non-hydrogen) atoms. The Hall–Kier alpha value is -2.04. The summed E-state index contributed by atoms with van der Waals surface area (Å²) >= 11 is 11.8. The molecule has 6 heteroatoms. The molecule has 2 atom stereocenters. The SMILES string of the molecule is O=C(NCCc1cccc(Cl)c1)C1CC1C(=O)Nc1ccc(Cl)cc1. The van der Waals surface area contributed by atoms with E-state index in [0.717, 1.165) is 5.56 Å². The van der Waals surface area contributed by atoms with E-state index in [1.807, 2.05) is 24.3 Å². The van der Waals surface area contributed by atoms with Gasteiger partial charge in [-0.05, 0) is 54.8 Å². The third-order valence-corrected chi connectivity index (χ3v) is 4.66. The van der Waals surface area contributed by atoms with Gasteiger partial charge in [0.25, 0.3) is 0 Å². The molecule has 2 amide bonds. The Morgan fingerprint density at radius 3 is 2.40 bits per heavy atom. The number of hydrogen-bond acceptors (Lipinski definition) is 2. The van der Waals surface area contributed by atoms with Crippen LogP contribution < -0.4 is 10.6 Å². The third-order valence-electron chi connectivity index (χ3n) is 4.18. The average Bonchev–Trinajstić information content (AvgIpc) is 3.38. The highest BCUT2D eigenvalue weighted by Gasteiger charge is 2.47. The van der Waals surface area contributed by atoms with Crippen molar-refractivity contribution in [3.8, 4) is 0 Å². The molecule has 0 saturated heterocycles. The Kier molecular flexibility index (Phi) is 5.61. The van der Waals surface area contributed by atoms with Crippen LogP contribution in [0.25, 0.3) is 0 Å². The second-order valence-electron chi connectivity index (χ2n) is 6.12. The quantitative estimate of drug-likeness (QED) is 0.802. The van der Waals surface area contributed by atoms with Crippen LogP contribution in [0.15, 0.2) is 48.5 Å². The molecular weight excluding hydrogens is 359 g/mol. The summed E-state index contributed by atoms with van der Waals surface area (Å²) in [5, 5.41) is 7.00. The molecule has 0 radical (unpaired) electrons. The molecular formula is C19H18Cl2N2O2. The number of rotatable bonds is 6. The second kappa shape index (κ2) is 7.89. The monoisotopic (exact) mass is 376 g/mol. The van der Waals surface area contributed by atoms with Gasteiger partial charge in [-0.2, -0.15) is 0 Å². The number of nitrogens with one attached hydrogen (secondary N) is 2. The van der Waals surface area contributed by atoms with E-state index in [1.54, 1.807) is 24.3 Å². The van der Waals surface area contributed by atoms with Crippen molar-refractivity contribution in [2.45, 2.75) is 12.8 Å². The van der Waals surface area contributed by atoms with E-state index in [-0.39, 0.29) is 23.7 Å². The minimum atomic E-state index is -0.262. The fourth-order valence-corrected chi connectivity index (χ4v) is 3.04. The van der Waals surface area contributed by atoms with Crippen molar-refractivity contribution in [1.82, 2.24) is 5.32 Å². The Bertz CT molecular complexity index is 777. The highest BCUT2D eigenvalue weighted by molar-refractivity contribution is 6.30. The second-order valence-corrected chi connectivity index (χ2v) is 6.99. The van der Waals surface area contributed by atoms with Crippen molar-refractivity contribution in [3.63, 3.8) is 0 Å². The maximum atomic E-state index is 12.2. The summed E-state index contributed by atoms with van der Waals surface area (Å²) in [6.45, 7) is 0.529. The first kappa shape index (κ1) is 17.8. The Morgan fingerprint density at radius 1 is 0.960 bits per heavy atom. The number of benzene rings is 2. The van der Waals surface area contributed by atoms with Crippen LogP contribution in [0.5, 0.6) is 0 Å². The van der Waals surface area contributed by atoms with Gasteiger partial charge >= 0.3 is 0 Å². The average molecular weight is 377 g/mol. The third kappa shape index (κ3) is 4.97. The van der Waals surface area contributed by atoms with Gasteiger partial charge < -0.3 is 10.6 Å².